The van der Waals surface area contributed by atoms with E-state index >= 15 is 0 Å². The zero-order valence-electron chi connectivity index (χ0n) is 12.9. The maximum absolute atomic E-state index is 13.5. The third-order valence-electron chi connectivity index (χ3n) is 3.56. The van der Waals surface area contributed by atoms with Crippen molar-refractivity contribution in [3.8, 4) is 0 Å². The maximum atomic E-state index is 13.5. The number of hydrogen-bond acceptors (Lipinski definition) is 1. The summed E-state index contributed by atoms with van der Waals surface area (Å²) in [6, 6.07) is 5.04. The molecule has 0 fully saturated rings. The smallest absolute Gasteiger partial charge is 0.388 e. The van der Waals surface area contributed by atoms with Crippen molar-refractivity contribution in [2.75, 3.05) is 0 Å². The highest BCUT2D eigenvalue weighted by molar-refractivity contribution is 5.24. The van der Waals surface area contributed by atoms with Crippen molar-refractivity contribution in [2.45, 2.75) is 56.2 Å². The Morgan fingerprint density at radius 1 is 0.840 bits per heavy atom. The molecule has 1 nitrogen and oxygen atoms in total. The van der Waals surface area contributed by atoms with Crippen LogP contribution < -0.4 is 0 Å². The molecule has 0 aliphatic rings. The van der Waals surface area contributed by atoms with E-state index in [9.17, 15) is 44.6 Å². The van der Waals surface area contributed by atoms with Crippen LogP contribution in [0.2, 0.25) is 0 Å². The summed E-state index contributed by atoms with van der Waals surface area (Å²) in [5.41, 5.74) is 0.449. The van der Waals surface area contributed by atoms with Crippen LogP contribution in [0.1, 0.15) is 37.0 Å². The van der Waals surface area contributed by atoms with E-state index in [4.69, 9.17) is 0 Å². The molecule has 10 heteroatoms. The zero-order chi connectivity index (χ0) is 19.7. The second kappa shape index (κ2) is 7.05. The Kier molecular flexibility index (Phi) is 6.09. The Morgan fingerprint density at radius 3 is 1.72 bits per heavy atom. The van der Waals surface area contributed by atoms with Crippen LogP contribution in [0, 0.1) is 0 Å². The molecular formula is C15H15F9O. The average molecular weight is 382 g/mol. The monoisotopic (exact) mass is 382 g/mol. The Hall–Kier alpha value is -1.45. The average Bonchev–Trinajstić information content (AvgIpc) is 2.46. The minimum absolute atomic E-state index is 0.300. The van der Waals surface area contributed by atoms with Crippen LogP contribution in [-0.4, -0.2) is 29.1 Å². The van der Waals surface area contributed by atoms with E-state index in [0.29, 0.717) is 6.42 Å². The number of hydrogen-bond donors (Lipinski definition) is 1. The van der Waals surface area contributed by atoms with Gasteiger partial charge in [0, 0.05) is 6.42 Å². The fourth-order valence-corrected chi connectivity index (χ4v) is 2.09. The lowest BCUT2D eigenvalue weighted by molar-refractivity contribution is -0.398. The van der Waals surface area contributed by atoms with Gasteiger partial charge in [-0.05, 0) is 17.5 Å². The maximum Gasteiger partial charge on any atom is 0.460 e. The first kappa shape index (κ1) is 21.6. The van der Waals surface area contributed by atoms with Crippen molar-refractivity contribution in [1.29, 1.82) is 0 Å². The fourth-order valence-electron chi connectivity index (χ4n) is 2.09. The molecule has 0 aliphatic carbocycles. The first-order chi connectivity index (χ1) is 11.2. The Morgan fingerprint density at radius 2 is 1.32 bits per heavy atom. The predicted octanol–water partition coefficient (Wildman–Crippen LogP) is 5.53. The Balaban J connectivity index is 3.02. The molecule has 1 rings (SSSR count). The summed E-state index contributed by atoms with van der Waals surface area (Å²) < 4.78 is 115. The summed E-state index contributed by atoms with van der Waals surface area (Å²) in [6.45, 7) is 1.85. The van der Waals surface area contributed by atoms with Crippen LogP contribution in [0.4, 0.5) is 39.5 Å². The van der Waals surface area contributed by atoms with Gasteiger partial charge in [0.1, 0.15) is 0 Å². The summed E-state index contributed by atoms with van der Waals surface area (Å²) in [5, 5.41) is 9.57. The molecule has 0 heterocycles. The SMILES string of the molecule is CCCc1ccc(C(O)CC(F)(F)C(F)(F)C(F)(F)C(F)(F)F)cc1. The molecule has 1 unspecified atom stereocenters. The van der Waals surface area contributed by atoms with E-state index in [1.807, 2.05) is 6.92 Å². The molecule has 0 amide bonds. The van der Waals surface area contributed by atoms with Crippen molar-refractivity contribution in [2.24, 2.45) is 0 Å². The second-order valence-corrected chi connectivity index (χ2v) is 5.56. The highest BCUT2D eigenvalue weighted by Gasteiger charge is 2.81. The molecule has 1 aromatic rings. The lowest BCUT2D eigenvalue weighted by Crippen LogP contribution is -2.61. The number of aliphatic hydroxyl groups is 1. The summed E-state index contributed by atoms with van der Waals surface area (Å²) in [5.74, 6) is -19.5. The zero-order valence-corrected chi connectivity index (χ0v) is 12.9. The van der Waals surface area contributed by atoms with Gasteiger partial charge in [0.25, 0.3) is 0 Å². The molecule has 25 heavy (non-hydrogen) atoms. The molecule has 1 atom stereocenters. The van der Waals surface area contributed by atoms with Gasteiger partial charge in [0.2, 0.25) is 0 Å². The van der Waals surface area contributed by atoms with Gasteiger partial charge in [-0.2, -0.15) is 39.5 Å². The number of rotatable bonds is 7. The van der Waals surface area contributed by atoms with Gasteiger partial charge in [-0.3, -0.25) is 0 Å². The molecule has 0 saturated carbocycles. The van der Waals surface area contributed by atoms with Gasteiger partial charge in [0.05, 0.1) is 6.10 Å². The summed E-state index contributed by atoms with van der Waals surface area (Å²) >= 11 is 0. The number of aliphatic hydroxyl groups excluding tert-OH is 1. The number of benzene rings is 1. The Labute approximate surface area is 137 Å². The van der Waals surface area contributed by atoms with Crippen molar-refractivity contribution in [3.05, 3.63) is 35.4 Å². The fraction of sp³-hybridized carbons (Fsp3) is 0.600. The lowest BCUT2D eigenvalue weighted by Gasteiger charge is -2.34. The molecule has 0 aliphatic heterocycles. The normalized spacial score (nSPS) is 15.3. The minimum Gasteiger partial charge on any atom is -0.388 e. The van der Waals surface area contributed by atoms with Gasteiger partial charge in [0.15, 0.2) is 0 Å². The molecule has 0 spiro atoms. The van der Waals surface area contributed by atoms with E-state index in [1.54, 1.807) is 0 Å². The predicted molar refractivity (Wildman–Crippen MR) is 70.9 cm³/mol. The van der Waals surface area contributed by atoms with Crippen LogP contribution in [0.25, 0.3) is 0 Å². The lowest BCUT2D eigenvalue weighted by atomic mass is 9.94. The van der Waals surface area contributed by atoms with Crippen molar-refractivity contribution < 1.29 is 44.6 Å². The summed E-state index contributed by atoms with van der Waals surface area (Å²) in [4.78, 5) is 0. The number of aryl methyl sites for hydroxylation is 1. The molecule has 0 aromatic heterocycles. The highest BCUT2D eigenvalue weighted by Crippen LogP contribution is 2.55. The number of alkyl halides is 9. The van der Waals surface area contributed by atoms with E-state index in [1.165, 1.54) is 12.1 Å². The largest absolute Gasteiger partial charge is 0.460 e. The molecule has 0 radical (unpaired) electrons. The van der Waals surface area contributed by atoms with Crippen molar-refractivity contribution in [3.63, 3.8) is 0 Å². The van der Waals surface area contributed by atoms with Crippen LogP contribution in [0.3, 0.4) is 0 Å². The third kappa shape index (κ3) is 4.21. The van der Waals surface area contributed by atoms with Crippen molar-refractivity contribution >= 4 is 0 Å². The van der Waals surface area contributed by atoms with Crippen LogP contribution >= 0.6 is 0 Å². The quantitative estimate of drug-likeness (QED) is 0.615. The molecule has 144 valence electrons. The molecule has 1 N–H and O–H groups in total. The third-order valence-corrected chi connectivity index (χ3v) is 3.56. The summed E-state index contributed by atoms with van der Waals surface area (Å²) in [6.07, 6.45) is -10.1. The van der Waals surface area contributed by atoms with Gasteiger partial charge in [-0.25, -0.2) is 0 Å². The van der Waals surface area contributed by atoms with Gasteiger partial charge in [-0.15, -0.1) is 0 Å². The first-order valence-electron chi connectivity index (χ1n) is 7.14. The second-order valence-electron chi connectivity index (χ2n) is 5.56. The van der Waals surface area contributed by atoms with Crippen LogP contribution in [-0.2, 0) is 6.42 Å². The molecule has 0 bridgehead atoms. The Bertz CT molecular complexity index is 563. The van der Waals surface area contributed by atoms with Gasteiger partial charge < -0.3 is 5.11 Å². The topological polar surface area (TPSA) is 20.2 Å². The summed E-state index contributed by atoms with van der Waals surface area (Å²) in [7, 11) is 0. The van der Waals surface area contributed by atoms with E-state index < -0.39 is 36.5 Å². The van der Waals surface area contributed by atoms with Gasteiger partial charge >= 0.3 is 23.9 Å². The van der Waals surface area contributed by atoms with E-state index in [-0.39, 0.29) is 5.56 Å². The molecular weight excluding hydrogens is 367 g/mol. The molecule has 0 saturated heterocycles. The standard InChI is InChI=1S/C15H15F9O/c1-2-3-9-4-6-10(7-5-9)11(25)8-12(16,17)13(18,19)14(20,21)15(22,23)24/h4-7,11,25H,2-3,8H2,1H3. The van der Waals surface area contributed by atoms with Crippen LogP contribution in [0.5, 0.6) is 0 Å². The number of halogens is 9. The van der Waals surface area contributed by atoms with E-state index in [2.05, 4.69) is 0 Å². The van der Waals surface area contributed by atoms with Gasteiger partial charge in [-0.1, -0.05) is 37.6 Å². The minimum atomic E-state index is -6.95. The van der Waals surface area contributed by atoms with Crippen LogP contribution in [0.15, 0.2) is 24.3 Å². The molecule has 1 aromatic carbocycles. The highest BCUT2D eigenvalue weighted by atomic mass is 19.4. The van der Waals surface area contributed by atoms with Crippen molar-refractivity contribution in [1.82, 2.24) is 0 Å². The first-order valence-corrected chi connectivity index (χ1v) is 7.14. The van der Waals surface area contributed by atoms with E-state index in [0.717, 1.165) is 24.1 Å².